The number of aliphatic hydroxyl groups is 1. The highest BCUT2D eigenvalue weighted by molar-refractivity contribution is 5.74. The molecule has 0 aromatic rings. The van der Waals surface area contributed by atoms with Crippen molar-refractivity contribution in [2.45, 2.75) is 57.1 Å². The van der Waals surface area contributed by atoms with Crippen LogP contribution in [0.15, 0.2) is 0 Å². The molecule has 1 saturated heterocycles. The van der Waals surface area contributed by atoms with Crippen molar-refractivity contribution in [2.75, 3.05) is 13.1 Å². The number of rotatable bonds is 1. The summed E-state index contributed by atoms with van der Waals surface area (Å²) >= 11 is 0. The van der Waals surface area contributed by atoms with Crippen LogP contribution in [0.3, 0.4) is 0 Å². The molecule has 4 nitrogen and oxygen atoms in total. The lowest BCUT2D eigenvalue weighted by Crippen LogP contribution is -2.48. The van der Waals surface area contributed by atoms with Crippen molar-refractivity contribution in [1.29, 1.82) is 0 Å². The summed E-state index contributed by atoms with van der Waals surface area (Å²) in [7, 11) is 0. The Morgan fingerprint density at radius 1 is 1.06 bits per heavy atom. The minimum Gasteiger partial charge on any atom is -0.391 e. The Bertz CT molecular complexity index is 239. The molecule has 1 heterocycles. The van der Waals surface area contributed by atoms with Gasteiger partial charge in [-0.2, -0.15) is 0 Å². The number of carbonyl (C=O) groups is 1. The number of urea groups is 1. The van der Waals surface area contributed by atoms with E-state index in [-0.39, 0.29) is 18.2 Å². The van der Waals surface area contributed by atoms with Gasteiger partial charge >= 0.3 is 6.03 Å². The van der Waals surface area contributed by atoms with E-state index in [4.69, 9.17) is 0 Å². The third kappa shape index (κ3) is 2.88. The molecule has 92 valence electrons. The first kappa shape index (κ1) is 11.7. The fraction of sp³-hybridized carbons (Fsp3) is 0.917. The van der Waals surface area contributed by atoms with Gasteiger partial charge in [0.05, 0.1) is 12.1 Å². The minimum atomic E-state index is -0.353. The number of hydrogen-bond acceptors (Lipinski definition) is 2. The highest BCUT2D eigenvalue weighted by Gasteiger charge is 2.26. The maximum atomic E-state index is 11.9. The predicted octanol–water partition coefficient (Wildman–Crippen LogP) is 1.49. The van der Waals surface area contributed by atoms with Gasteiger partial charge in [-0.25, -0.2) is 4.79 Å². The van der Waals surface area contributed by atoms with Crippen molar-refractivity contribution >= 4 is 6.03 Å². The number of nitrogens with one attached hydrogen (secondary N) is 1. The molecule has 0 radical (unpaired) electrons. The van der Waals surface area contributed by atoms with Gasteiger partial charge in [0.1, 0.15) is 0 Å². The minimum absolute atomic E-state index is 0.0171. The van der Waals surface area contributed by atoms with Crippen molar-refractivity contribution in [3.05, 3.63) is 0 Å². The van der Waals surface area contributed by atoms with Crippen LogP contribution in [0, 0.1) is 0 Å². The van der Waals surface area contributed by atoms with Crippen molar-refractivity contribution in [1.82, 2.24) is 10.2 Å². The van der Waals surface area contributed by atoms with Crippen molar-refractivity contribution < 1.29 is 9.90 Å². The van der Waals surface area contributed by atoms with Crippen LogP contribution in [-0.4, -0.2) is 41.3 Å². The van der Waals surface area contributed by atoms with E-state index < -0.39 is 0 Å². The van der Waals surface area contributed by atoms with Crippen molar-refractivity contribution in [2.24, 2.45) is 0 Å². The van der Waals surface area contributed by atoms with Crippen molar-refractivity contribution in [3.63, 3.8) is 0 Å². The van der Waals surface area contributed by atoms with Gasteiger partial charge < -0.3 is 15.3 Å². The second kappa shape index (κ2) is 5.53. The second-order valence-corrected chi connectivity index (χ2v) is 4.96. The van der Waals surface area contributed by atoms with E-state index in [0.29, 0.717) is 0 Å². The van der Waals surface area contributed by atoms with Crippen LogP contribution in [-0.2, 0) is 0 Å². The molecule has 1 saturated carbocycles. The van der Waals surface area contributed by atoms with Gasteiger partial charge in [0.25, 0.3) is 0 Å². The molecular weight excluding hydrogens is 204 g/mol. The smallest absolute Gasteiger partial charge is 0.317 e. The zero-order chi connectivity index (χ0) is 11.4. The Labute approximate surface area is 97.0 Å². The Kier molecular flexibility index (Phi) is 4.04. The molecule has 2 amide bonds. The number of hydrogen-bond donors (Lipinski definition) is 2. The van der Waals surface area contributed by atoms with Gasteiger partial charge in [0.2, 0.25) is 0 Å². The largest absolute Gasteiger partial charge is 0.391 e. The predicted molar refractivity (Wildman–Crippen MR) is 62.2 cm³/mol. The van der Waals surface area contributed by atoms with Crippen LogP contribution < -0.4 is 5.32 Å². The van der Waals surface area contributed by atoms with Gasteiger partial charge in [0.15, 0.2) is 0 Å². The number of nitrogens with zero attached hydrogens (tertiary/aromatic N) is 1. The van der Waals surface area contributed by atoms with Gasteiger partial charge in [-0.3, -0.25) is 0 Å². The van der Waals surface area contributed by atoms with Gasteiger partial charge in [0, 0.05) is 13.1 Å². The number of aliphatic hydroxyl groups excluding tert-OH is 1. The maximum absolute atomic E-state index is 11.9. The molecule has 1 aliphatic carbocycles. The summed E-state index contributed by atoms with van der Waals surface area (Å²) in [6, 6.07) is -0.0148. The molecule has 2 fully saturated rings. The second-order valence-electron chi connectivity index (χ2n) is 4.96. The van der Waals surface area contributed by atoms with E-state index in [0.717, 1.165) is 51.6 Å². The summed E-state index contributed by atoms with van der Waals surface area (Å²) in [5, 5.41) is 12.9. The topological polar surface area (TPSA) is 52.6 Å². The van der Waals surface area contributed by atoms with Crippen LogP contribution >= 0.6 is 0 Å². The number of likely N-dealkylation sites (tertiary alicyclic amines) is 1. The molecular formula is C12H22N2O2. The quantitative estimate of drug-likeness (QED) is 0.665. The van der Waals surface area contributed by atoms with E-state index in [9.17, 15) is 9.90 Å². The average Bonchev–Trinajstić information content (AvgIpc) is 2.73. The summed E-state index contributed by atoms with van der Waals surface area (Å²) < 4.78 is 0. The molecule has 0 aromatic carbocycles. The van der Waals surface area contributed by atoms with Gasteiger partial charge in [-0.15, -0.1) is 0 Å². The monoisotopic (exact) mass is 226 g/mol. The lowest BCUT2D eigenvalue weighted by molar-refractivity contribution is 0.117. The Morgan fingerprint density at radius 2 is 1.75 bits per heavy atom. The van der Waals surface area contributed by atoms with E-state index in [1.807, 2.05) is 4.90 Å². The fourth-order valence-corrected chi connectivity index (χ4v) is 2.63. The molecule has 16 heavy (non-hydrogen) atoms. The van der Waals surface area contributed by atoms with Crippen molar-refractivity contribution in [3.8, 4) is 0 Å². The van der Waals surface area contributed by atoms with Crippen LogP contribution in [0.2, 0.25) is 0 Å². The SMILES string of the molecule is O=C(NC1CCCCCC1O)N1CCCC1. The number of amides is 2. The molecule has 2 unspecified atom stereocenters. The Hall–Kier alpha value is -0.770. The highest BCUT2D eigenvalue weighted by atomic mass is 16.3. The molecule has 4 heteroatoms. The third-order valence-electron chi connectivity index (χ3n) is 3.68. The maximum Gasteiger partial charge on any atom is 0.317 e. The van der Waals surface area contributed by atoms with E-state index in [2.05, 4.69) is 5.32 Å². The van der Waals surface area contributed by atoms with Crippen LogP contribution in [0.1, 0.15) is 44.9 Å². The van der Waals surface area contributed by atoms with E-state index in [1.165, 1.54) is 6.42 Å². The fourth-order valence-electron chi connectivity index (χ4n) is 2.63. The molecule has 2 atom stereocenters. The molecule has 0 bridgehead atoms. The van der Waals surface area contributed by atoms with E-state index >= 15 is 0 Å². The average molecular weight is 226 g/mol. The molecule has 2 aliphatic rings. The third-order valence-corrected chi connectivity index (χ3v) is 3.68. The molecule has 2 N–H and O–H groups in total. The first-order valence-corrected chi connectivity index (χ1v) is 6.51. The molecule has 1 aliphatic heterocycles. The summed E-state index contributed by atoms with van der Waals surface area (Å²) in [6.07, 6.45) is 6.98. The number of carbonyl (C=O) groups excluding carboxylic acids is 1. The summed E-state index contributed by atoms with van der Waals surface area (Å²) in [6.45, 7) is 1.74. The molecule has 0 spiro atoms. The first-order chi connectivity index (χ1) is 7.77. The highest BCUT2D eigenvalue weighted by Crippen LogP contribution is 2.18. The van der Waals surface area contributed by atoms with Gasteiger partial charge in [-0.05, 0) is 25.7 Å². The Morgan fingerprint density at radius 3 is 2.50 bits per heavy atom. The zero-order valence-corrected chi connectivity index (χ0v) is 9.82. The summed E-state index contributed by atoms with van der Waals surface area (Å²) in [5.41, 5.74) is 0. The lowest BCUT2D eigenvalue weighted by Gasteiger charge is -2.25. The van der Waals surface area contributed by atoms with Crippen LogP contribution in [0.4, 0.5) is 4.79 Å². The first-order valence-electron chi connectivity index (χ1n) is 6.51. The Balaban J connectivity index is 1.84. The zero-order valence-electron chi connectivity index (χ0n) is 9.82. The van der Waals surface area contributed by atoms with Gasteiger partial charge in [-0.1, -0.05) is 19.3 Å². The van der Waals surface area contributed by atoms with Crippen LogP contribution in [0.25, 0.3) is 0 Å². The molecule has 0 aromatic heterocycles. The molecule has 2 rings (SSSR count). The summed E-state index contributed by atoms with van der Waals surface area (Å²) in [4.78, 5) is 13.7. The van der Waals surface area contributed by atoms with E-state index in [1.54, 1.807) is 0 Å². The lowest BCUT2D eigenvalue weighted by atomic mass is 10.1. The summed E-state index contributed by atoms with van der Waals surface area (Å²) in [5.74, 6) is 0. The standard InChI is InChI=1S/C12H22N2O2/c15-11-7-3-1-2-6-10(11)13-12(16)14-8-4-5-9-14/h10-11,15H,1-9H2,(H,13,16). The normalized spacial score (nSPS) is 31.2. The van der Waals surface area contributed by atoms with Crippen LogP contribution in [0.5, 0.6) is 0 Å².